The minimum Gasteiger partial charge on any atom is -0.296 e. The number of nitrogens with zero attached hydrogens (tertiary/aromatic N) is 4. The summed E-state index contributed by atoms with van der Waals surface area (Å²) in [7, 11) is 0. The Kier molecular flexibility index (Phi) is 4.04. The number of fused-ring (bicyclic) bond motifs is 1. The third kappa shape index (κ3) is 3.26. The quantitative estimate of drug-likeness (QED) is 0.769. The van der Waals surface area contributed by atoms with E-state index in [4.69, 9.17) is 0 Å². The zero-order chi connectivity index (χ0) is 17.5. The maximum atomic E-state index is 12.4. The number of aromatic nitrogens is 4. The van der Waals surface area contributed by atoms with Crippen molar-refractivity contribution in [2.45, 2.75) is 40.0 Å². The number of anilines is 1. The second-order valence-electron chi connectivity index (χ2n) is 6.71. The largest absolute Gasteiger partial charge is 0.296 e. The number of nitrogens with one attached hydrogen (secondary N) is 1. The zero-order valence-electron chi connectivity index (χ0n) is 14.3. The smallest absolute Gasteiger partial charge is 0.257 e. The van der Waals surface area contributed by atoms with E-state index < -0.39 is 0 Å². The minimum atomic E-state index is -0.228. The fraction of sp³-hybridized carbons (Fsp3) is 0.353. The molecule has 2 heterocycles. The lowest BCUT2D eigenvalue weighted by molar-refractivity contribution is 0.102. The van der Waals surface area contributed by atoms with E-state index in [0.717, 1.165) is 21.9 Å². The van der Waals surface area contributed by atoms with Crippen molar-refractivity contribution < 1.29 is 4.79 Å². The molecule has 0 saturated heterocycles. The predicted molar refractivity (Wildman–Crippen MR) is 95.6 cm³/mol. The molecular weight excluding hydrogens is 322 g/mol. The van der Waals surface area contributed by atoms with E-state index in [1.807, 2.05) is 19.9 Å². The fourth-order valence-corrected chi connectivity index (χ4v) is 2.91. The van der Waals surface area contributed by atoms with Crippen LogP contribution in [0.25, 0.3) is 11.0 Å². The molecule has 1 amide bonds. The van der Waals surface area contributed by atoms with Crippen LogP contribution in [0.4, 0.5) is 5.13 Å². The van der Waals surface area contributed by atoms with Crippen molar-refractivity contribution in [3.05, 3.63) is 40.2 Å². The Balaban J connectivity index is 1.86. The summed E-state index contributed by atoms with van der Waals surface area (Å²) in [6.45, 7) is 10.0. The van der Waals surface area contributed by atoms with Gasteiger partial charge in [0.1, 0.15) is 5.01 Å². The highest BCUT2D eigenvalue weighted by Crippen LogP contribution is 2.28. The van der Waals surface area contributed by atoms with Crippen molar-refractivity contribution in [2.24, 2.45) is 0 Å². The molecule has 3 rings (SSSR count). The molecule has 0 fully saturated rings. The number of benzene rings is 1. The summed E-state index contributed by atoms with van der Waals surface area (Å²) in [5, 5.41) is 12.4. The van der Waals surface area contributed by atoms with Gasteiger partial charge in [-0.15, -0.1) is 10.2 Å². The van der Waals surface area contributed by atoms with Crippen LogP contribution in [0.1, 0.15) is 47.5 Å². The molecule has 0 spiro atoms. The van der Waals surface area contributed by atoms with Crippen LogP contribution in [-0.4, -0.2) is 26.1 Å². The molecule has 1 N–H and O–H groups in total. The van der Waals surface area contributed by atoms with Crippen molar-refractivity contribution in [3.8, 4) is 0 Å². The normalized spacial score (nSPS) is 11.7. The summed E-state index contributed by atoms with van der Waals surface area (Å²) in [6, 6.07) is 5.30. The van der Waals surface area contributed by atoms with Gasteiger partial charge in [0.05, 0.1) is 22.4 Å². The van der Waals surface area contributed by atoms with Crippen molar-refractivity contribution >= 4 is 33.4 Å². The zero-order valence-corrected chi connectivity index (χ0v) is 15.2. The maximum absolute atomic E-state index is 12.4. The van der Waals surface area contributed by atoms with E-state index in [0.29, 0.717) is 16.2 Å². The third-order valence-electron chi connectivity index (χ3n) is 3.62. The van der Waals surface area contributed by atoms with Gasteiger partial charge in [0, 0.05) is 11.0 Å². The monoisotopic (exact) mass is 341 g/mol. The van der Waals surface area contributed by atoms with Gasteiger partial charge in [-0.25, -0.2) is 9.97 Å². The number of hydrogen-bond donors (Lipinski definition) is 1. The highest BCUT2D eigenvalue weighted by atomic mass is 32.1. The first-order chi connectivity index (χ1) is 11.2. The summed E-state index contributed by atoms with van der Waals surface area (Å²) in [4.78, 5) is 21.4. The van der Waals surface area contributed by atoms with Gasteiger partial charge >= 0.3 is 0 Å². The Bertz CT molecular complexity index is 926. The molecule has 6 nitrogen and oxygen atoms in total. The molecule has 0 bridgehead atoms. The Morgan fingerprint density at radius 3 is 2.33 bits per heavy atom. The molecule has 124 valence electrons. The highest BCUT2D eigenvalue weighted by molar-refractivity contribution is 7.15. The Hall–Kier alpha value is -2.41. The number of amides is 1. The molecule has 0 radical (unpaired) electrons. The SMILES string of the molecule is Cc1nc2ccc(C(=O)Nc3nnc(C(C)(C)C)s3)cc2nc1C. The topological polar surface area (TPSA) is 80.7 Å². The molecule has 3 aromatic rings. The van der Waals surface area contributed by atoms with E-state index in [-0.39, 0.29) is 11.3 Å². The van der Waals surface area contributed by atoms with E-state index >= 15 is 0 Å². The van der Waals surface area contributed by atoms with Gasteiger partial charge < -0.3 is 0 Å². The van der Waals surface area contributed by atoms with Gasteiger partial charge in [-0.2, -0.15) is 0 Å². The summed E-state index contributed by atoms with van der Waals surface area (Å²) in [6.07, 6.45) is 0. The average molecular weight is 341 g/mol. The summed E-state index contributed by atoms with van der Waals surface area (Å²) >= 11 is 1.39. The molecule has 0 unspecified atom stereocenters. The highest BCUT2D eigenvalue weighted by Gasteiger charge is 2.20. The Labute approximate surface area is 144 Å². The molecular formula is C17H19N5OS. The summed E-state index contributed by atoms with van der Waals surface area (Å²) in [5.74, 6) is -0.228. The van der Waals surface area contributed by atoms with Gasteiger partial charge in [0.2, 0.25) is 5.13 Å². The number of aryl methyl sites for hydroxylation is 2. The average Bonchev–Trinajstić information content (AvgIpc) is 2.96. The molecule has 7 heteroatoms. The van der Waals surface area contributed by atoms with Crippen molar-refractivity contribution in [1.29, 1.82) is 0 Å². The van der Waals surface area contributed by atoms with Crippen molar-refractivity contribution in [3.63, 3.8) is 0 Å². The Morgan fingerprint density at radius 1 is 1.04 bits per heavy atom. The van der Waals surface area contributed by atoms with E-state index in [1.165, 1.54) is 11.3 Å². The first kappa shape index (κ1) is 16.4. The fourth-order valence-electron chi connectivity index (χ4n) is 2.12. The van der Waals surface area contributed by atoms with Crippen LogP contribution in [0.15, 0.2) is 18.2 Å². The molecule has 0 saturated carbocycles. The van der Waals surface area contributed by atoms with Crippen LogP contribution in [0.3, 0.4) is 0 Å². The van der Waals surface area contributed by atoms with Gasteiger partial charge in [-0.3, -0.25) is 10.1 Å². The number of carbonyl (C=O) groups excluding carboxylic acids is 1. The van der Waals surface area contributed by atoms with Crippen LogP contribution >= 0.6 is 11.3 Å². The number of hydrogen-bond acceptors (Lipinski definition) is 6. The van der Waals surface area contributed by atoms with Crippen LogP contribution in [0.2, 0.25) is 0 Å². The van der Waals surface area contributed by atoms with Gasteiger partial charge in [0.15, 0.2) is 0 Å². The molecule has 0 atom stereocenters. The lowest BCUT2D eigenvalue weighted by atomic mass is 9.98. The third-order valence-corrected chi connectivity index (χ3v) is 4.89. The molecule has 24 heavy (non-hydrogen) atoms. The second kappa shape index (κ2) is 5.90. The van der Waals surface area contributed by atoms with Gasteiger partial charge in [0.25, 0.3) is 5.91 Å². The lowest BCUT2D eigenvalue weighted by Gasteiger charge is -2.12. The van der Waals surface area contributed by atoms with E-state index in [1.54, 1.807) is 12.1 Å². The second-order valence-corrected chi connectivity index (χ2v) is 7.69. The summed E-state index contributed by atoms with van der Waals surface area (Å²) < 4.78 is 0. The Morgan fingerprint density at radius 2 is 1.71 bits per heavy atom. The van der Waals surface area contributed by atoms with Crippen molar-refractivity contribution in [2.75, 3.05) is 5.32 Å². The first-order valence-corrected chi connectivity index (χ1v) is 8.46. The minimum absolute atomic E-state index is 0.0887. The van der Waals surface area contributed by atoms with Crippen LogP contribution in [-0.2, 0) is 5.41 Å². The number of rotatable bonds is 2. The van der Waals surface area contributed by atoms with Crippen molar-refractivity contribution in [1.82, 2.24) is 20.2 Å². The molecule has 0 aliphatic rings. The molecule has 1 aromatic carbocycles. The first-order valence-electron chi connectivity index (χ1n) is 7.64. The van der Waals surface area contributed by atoms with E-state index in [9.17, 15) is 4.79 Å². The lowest BCUT2D eigenvalue weighted by Crippen LogP contribution is -2.12. The van der Waals surface area contributed by atoms with Crippen LogP contribution in [0, 0.1) is 13.8 Å². The summed E-state index contributed by atoms with van der Waals surface area (Å²) in [5.41, 5.74) is 3.67. The molecule has 2 aromatic heterocycles. The van der Waals surface area contributed by atoms with E-state index in [2.05, 4.69) is 46.3 Å². The molecule has 0 aliphatic carbocycles. The number of carbonyl (C=O) groups is 1. The predicted octanol–water partition coefficient (Wildman–Crippen LogP) is 3.65. The van der Waals surface area contributed by atoms with Crippen LogP contribution in [0.5, 0.6) is 0 Å². The standard InChI is InChI=1S/C17H19N5OS/c1-9-10(2)19-13-8-11(6-7-12(13)18-9)14(23)20-16-22-21-15(24-16)17(3,4)5/h6-8H,1-5H3,(H,20,22,23). The molecule has 0 aliphatic heterocycles. The van der Waals surface area contributed by atoms with Gasteiger partial charge in [-0.1, -0.05) is 32.1 Å². The maximum Gasteiger partial charge on any atom is 0.257 e. The van der Waals surface area contributed by atoms with Gasteiger partial charge in [-0.05, 0) is 32.0 Å². The van der Waals surface area contributed by atoms with Crippen LogP contribution < -0.4 is 5.32 Å².